The number of hydrogen-bond donors (Lipinski definition) is 1. The van der Waals surface area contributed by atoms with Crippen molar-refractivity contribution in [3.05, 3.63) is 35.9 Å². The molecular formula is C14H22N2O2. The van der Waals surface area contributed by atoms with E-state index in [-0.39, 0.29) is 12.1 Å². The molecule has 1 atom stereocenters. The monoisotopic (exact) mass is 250 g/mol. The maximum absolute atomic E-state index is 11.8. The lowest BCUT2D eigenvalue weighted by atomic mass is 10.1. The van der Waals surface area contributed by atoms with E-state index in [4.69, 9.17) is 4.74 Å². The Balaban J connectivity index is 2.55. The topological polar surface area (TPSA) is 41.6 Å². The number of nitrogens with zero attached hydrogens (tertiary/aromatic N) is 1. The summed E-state index contributed by atoms with van der Waals surface area (Å²) in [5.74, 6) is 0. The summed E-state index contributed by atoms with van der Waals surface area (Å²) < 4.78 is 5.26. The molecule has 1 amide bonds. The lowest BCUT2D eigenvalue weighted by Crippen LogP contribution is -2.43. The Bertz CT molecular complexity index is 385. The number of carbonyl (C=O) groups excluding carboxylic acids is 1. The fourth-order valence-electron chi connectivity index (χ4n) is 1.49. The fourth-order valence-corrected chi connectivity index (χ4v) is 1.49. The molecule has 0 heterocycles. The lowest BCUT2D eigenvalue weighted by molar-refractivity contribution is 0.0173. The molecule has 0 aromatic heterocycles. The van der Waals surface area contributed by atoms with Crippen molar-refractivity contribution in [2.45, 2.75) is 39.3 Å². The first kappa shape index (κ1) is 14.5. The van der Waals surface area contributed by atoms with Crippen molar-refractivity contribution < 1.29 is 9.53 Å². The van der Waals surface area contributed by atoms with Crippen LogP contribution in [-0.2, 0) is 4.74 Å². The first-order valence-electron chi connectivity index (χ1n) is 6.07. The van der Waals surface area contributed by atoms with Crippen molar-refractivity contribution in [1.29, 1.82) is 0 Å². The first-order valence-corrected chi connectivity index (χ1v) is 6.07. The van der Waals surface area contributed by atoms with Crippen LogP contribution in [0.4, 0.5) is 4.79 Å². The summed E-state index contributed by atoms with van der Waals surface area (Å²) in [5.41, 5.74) is 3.71. The van der Waals surface area contributed by atoms with Gasteiger partial charge in [0.25, 0.3) is 0 Å². The van der Waals surface area contributed by atoms with Gasteiger partial charge in [-0.15, -0.1) is 0 Å². The SMILES string of the molecule is CC(NN(C)C(=O)OC(C)(C)C)c1ccccc1. The maximum Gasteiger partial charge on any atom is 0.424 e. The number of carbonyl (C=O) groups is 1. The second kappa shape index (κ2) is 5.87. The Labute approximate surface area is 109 Å². The van der Waals surface area contributed by atoms with Crippen LogP contribution in [0.3, 0.4) is 0 Å². The summed E-state index contributed by atoms with van der Waals surface area (Å²) >= 11 is 0. The number of hydrogen-bond acceptors (Lipinski definition) is 3. The van der Waals surface area contributed by atoms with E-state index in [1.807, 2.05) is 58.0 Å². The summed E-state index contributed by atoms with van der Waals surface area (Å²) in [5, 5.41) is 1.38. The molecule has 0 saturated heterocycles. The lowest BCUT2D eigenvalue weighted by Gasteiger charge is -2.27. The zero-order chi connectivity index (χ0) is 13.8. The van der Waals surface area contributed by atoms with Gasteiger partial charge in [-0.25, -0.2) is 15.2 Å². The van der Waals surface area contributed by atoms with Gasteiger partial charge in [-0.05, 0) is 33.3 Å². The molecule has 4 nitrogen and oxygen atoms in total. The summed E-state index contributed by atoms with van der Waals surface area (Å²) in [6.45, 7) is 7.54. The van der Waals surface area contributed by atoms with Crippen LogP contribution in [0.2, 0.25) is 0 Å². The molecule has 1 rings (SSSR count). The molecular weight excluding hydrogens is 228 g/mol. The maximum atomic E-state index is 11.8. The van der Waals surface area contributed by atoms with Gasteiger partial charge in [0.15, 0.2) is 0 Å². The van der Waals surface area contributed by atoms with Crippen LogP contribution in [-0.4, -0.2) is 23.8 Å². The van der Waals surface area contributed by atoms with Crippen LogP contribution < -0.4 is 5.43 Å². The first-order chi connectivity index (χ1) is 8.29. The smallest absolute Gasteiger partial charge is 0.424 e. The van der Waals surface area contributed by atoms with Gasteiger partial charge in [0.05, 0.1) is 0 Å². The second-order valence-electron chi connectivity index (χ2n) is 5.30. The minimum atomic E-state index is -0.483. The molecule has 0 saturated carbocycles. The van der Waals surface area contributed by atoms with E-state index in [2.05, 4.69) is 5.43 Å². The van der Waals surface area contributed by atoms with E-state index >= 15 is 0 Å². The normalized spacial score (nSPS) is 12.9. The summed E-state index contributed by atoms with van der Waals surface area (Å²) in [4.78, 5) is 11.8. The largest absolute Gasteiger partial charge is 0.443 e. The minimum absolute atomic E-state index is 0.0451. The van der Waals surface area contributed by atoms with Crippen LogP contribution in [0.15, 0.2) is 30.3 Å². The van der Waals surface area contributed by atoms with Gasteiger partial charge in [-0.2, -0.15) is 0 Å². The molecule has 0 spiro atoms. The summed E-state index contributed by atoms with van der Waals surface area (Å²) in [6.07, 6.45) is -0.384. The average molecular weight is 250 g/mol. The molecule has 1 aromatic rings. The molecule has 1 aromatic carbocycles. The molecule has 100 valence electrons. The molecule has 0 bridgehead atoms. The van der Waals surface area contributed by atoms with Crippen molar-refractivity contribution >= 4 is 6.09 Å². The Morgan fingerprint density at radius 1 is 1.28 bits per heavy atom. The number of ether oxygens (including phenoxy) is 1. The van der Waals surface area contributed by atoms with Crippen molar-refractivity contribution in [2.24, 2.45) is 0 Å². The van der Waals surface area contributed by atoms with E-state index in [1.54, 1.807) is 7.05 Å². The van der Waals surface area contributed by atoms with Gasteiger partial charge >= 0.3 is 6.09 Å². The van der Waals surface area contributed by atoms with Gasteiger partial charge in [0.2, 0.25) is 0 Å². The molecule has 4 heteroatoms. The highest BCUT2D eigenvalue weighted by Crippen LogP contribution is 2.13. The van der Waals surface area contributed by atoms with Gasteiger partial charge in [-0.3, -0.25) is 0 Å². The van der Waals surface area contributed by atoms with Crippen molar-refractivity contribution in [1.82, 2.24) is 10.4 Å². The van der Waals surface area contributed by atoms with Crippen LogP contribution in [0.25, 0.3) is 0 Å². The van der Waals surface area contributed by atoms with Gasteiger partial charge in [0, 0.05) is 13.1 Å². The molecule has 0 aliphatic carbocycles. The highest BCUT2D eigenvalue weighted by atomic mass is 16.6. The molecule has 0 radical (unpaired) electrons. The van der Waals surface area contributed by atoms with Crippen LogP contribution >= 0.6 is 0 Å². The molecule has 0 fully saturated rings. The van der Waals surface area contributed by atoms with E-state index in [0.29, 0.717) is 0 Å². The summed E-state index contributed by atoms with van der Waals surface area (Å²) in [6, 6.07) is 9.99. The molecule has 1 unspecified atom stereocenters. The Kier molecular flexibility index (Phi) is 4.73. The van der Waals surface area contributed by atoms with Gasteiger partial charge in [-0.1, -0.05) is 30.3 Å². The standard InChI is InChI=1S/C14H22N2O2/c1-11(12-9-7-6-8-10-12)15-16(5)13(17)18-14(2,3)4/h6-11,15H,1-5H3. The number of amides is 1. The van der Waals surface area contributed by atoms with Crippen LogP contribution in [0.1, 0.15) is 39.3 Å². The fraction of sp³-hybridized carbons (Fsp3) is 0.500. The number of hydrazine groups is 1. The van der Waals surface area contributed by atoms with Crippen molar-refractivity contribution in [3.8, 4) is 0 Å². The quantitative estimate of drug-likeness (QED) is 0.838. The third-order valence-corrected chi connectivity index (χ3v) is 2.35. The number of rotatable bonds is 3. The predicted molar refractivity (Wildman–Crippen MR) is 72.0 cm³/mol. The molecule has 0 aliphatic rings. The zero-order valence-electron chi connectivity index (χ0n) is 11.7. The molecule has 1 N–H and O–H groups in total. The Morgan fingerprint density at radius 2 is 1.83 bits per heavy atom. The average Bonchev–Trinajstić information content (AvgIpc) is 2.27. The highest BCUT2D eigenvalue weighted by molar-refractivity contribution is 5.67. The highest BCUT2D eigenvalue weighted by Gasteiger charge is 2.20. The van der Waals surface area contributed by atoms with E-state index in [0.717, 1.165) is 5.56 Å². The minimum Gasteiger partial charge on any atom is -0.443 e. The second-order valence-corrected chi connectivity index (χ2v) is 5.30. The van der Waals surface area contributed by atoms with E-state index in [9.17, 15) is 4.79 Å². The Hall–Kier alpha value is -1.55. The van der Waals surface area contributed by atoms with Crippen LogP contribution in [0, 0.1) is 0 Å². The van der Waals surface area contributed by atoms with Gasteiger partial charge < -0.3 is 4.74 Å². The van der Waals surface area contributed by atoms with Gasteiger partial charge in [0.1, 0.15) is 5.60 Å². The zero-order valence-corrected chi connectivity index (χ0v) is 11.7. The third-order valence-electron chi connectivity index (χ3n) is 2.35. The van der Waals surface area contributed by atoms with E-state index in [1.165, 1.54) is 5.01 Å². The van der Waals surface area contributed by atoms with Crippen molar-refractivity contribution in [2.75, 3.05) is 7.05 Å². The molecule has 18 heavy (non-hydrogen) atoms. The van der Waals surface area contributed by atoms with Crippen LogP contribution in [0.5, 0.6) is 0 Å². The summed E-state index contributed by atoms with van der Waals surface area (Å²) in [7, 11) is 1.66. The molecule has 0 aliphatic heterocycles. The number of nitrogens with one attached hydrogen (secondary N) is 1. The predicted octanol–water partition coefficient (Wildman–Crippen LogP) is 3.12. The van der Waals surface area contributed by atoms with E-state index < -0.39 is 5.60 Å². The number of benzene rings is 1. The Morgan fingerprint density at radius 3 is 2.33 bits per heavy atom. The van der Waals surface area contributed by atoms with Crippen molar-refractivity contribution in [3.63, 3.8) is 0 Å². The third kappa shape index (κ3) is 4.75.